The Balaban J connectivity index is 2.20. The molecule has 1 unspecified atom stereocenters. The Morgan fingerprint density at radius 2 is 1.84 bits per heavy atom. The van der Waals surface area contributed by atoms with Crippen molar-refractivity contribution in [3.63, 3.8) is 0 Å². The maximum atomic E-state index is 13.9. The molecule has 1 atom stereocenters. The van der Waals surface area contributed by atoms with E-state index < -0.39 is 17.5 Å². The van der Waals surface area contributed by atoms with E-state index in [9.17, 15) is 13.2 Å². The second-order valence-electron chi connectivity index (χ2n) is 5.26. The Morgan fingerprint density at radius 1 is 1.16 bits per heavy atom. The summed E-state index contributed by atoms with van der Waals surface area (Å²) >= 11 is 0. The summed E-state index contributed by atoms with van der Waals surface area (Å²) in [6.07, 6.45) is 5.50. The van der Waals surface area contributed by atoms with E-state index in [-0.39, 0.29) is 11.6 Å². The van der Waals surface area contributed by atoms with Crippen molar-refractivity contribution in [2.45, 2.75) is 45.1 Å². The fourth-order valence-corrected chi connectivity index (χ4v) is 2.96. The first-order valence-corrected chi connectivity index (χ1v) is 7.00. The molecule has 1 nitrogen and oxygen atoms in total. The molecule has 1 aromatic rings. The summed E-state index contributed by atoms with van der Waals surface area (Å²) in [5.74, 6) is -3.00. The summed E-state index contributed by atoms with van der Waals surface area (Å²) in [5, 5.41) is 3.18. The normalized spacial score (nSPS) is 17.9. The quantitative estimate of drug-likeness (QED) is 0.786. The number of halogens is 3. The van der Waals surface area contributed by atoms with Crippen LogP contribution in [0, 0.1) is 23.4 Å². The zero-order valence-electron chi connectivity index (χ0n) is 11.2. The van der Waals surface area contributed by atoms with Crippen LogP contribution in [0.15, 0.2) is 12.1 Å². The average Bonchev–Trinajstić information content (AvgIpc) is 2.89. The smallest absolute Gasteiger partial charge is 0.194 e. The maximum absolute atomic E-state index is 13.9. The van der Waals surface area contributed by atoms with Gasteiger partial charge in [-0.25, -0.2) is 13.2 Å². The molecule has 19 heavy (non-hydrogen) atoms. The van der Waals surface area contributed by atoms with Gasteiger partial charge in [0.15, 0.2) is 17.5 Å². The van der Waals surface area contributed by atoms with Crippen molar-refractivity contribution in [3.05, 3.63) is 35.1 Å². The van der Waals surface area contributed by atoms with Crippen LogP contribution in [-0.4, -0.2) is 6.54 Å². The third kappa shape index (κ3) is 3.30. The lowest BCUT2D eigenvalue weighted by Gasteiger charge is -2.22. The molecular weight excluding hydrogens is 251 g/mol. The lowest BCUT2D eigenvalue weighted by molar-refractivity contribution is 0.376. The van der Waals surface area contributed by atoms with Crippen molar-refractivity contribution in [3.8, 4) is 0 Å². The van der Waals surface area contributed by atoms with E-state index in [2.05, 4.69) is 5.32 Å². The molecule has 1 saturated carbocycles. The summed E-state index contributed by atoms with van der Waals surface area (Å²) in [6.45, 7) is 2.61. The van der Waals surface area contributed by atoms with Gasteiger partial charge in [-0.1, -0.05) is 38.7 Å². The molecule has 0 aliphatic heterocycles. The fourth-order valence-electron chi connectivity index (χ4n) is 2.96. The summed E-state index contributed by atoms with van der Waals surface area (Å²) < 4.78 is 40.2. The Kier molecular flexibility index (Phi) is 4.86. The van der Waals surface area contributed by atoms with Gasteiger partial charge in [-0.15, -0.1) is 0 Å². The van der Waals surface area contributed by atoms with E-state index in [1.807, 2.05) is 6.92 Å². The van der Waals surface area contributed by atoms with E-state index in [0.29, 0.717) is 12.5 Å². The number of rotatable bonds is 5. The van der Waals surface area contributed by atoms with E-state index in [1.165, 1.54) is 18.9 Å². The van der Waals surface area contributed by atoms with Crippen LogP contribution in [0.3, 0.4) is 0 Å². The number of nitrogens with one attached hydrogen (secondary N) is 1. The average molecular weight is 271 g/mol. The molecule has 0 spiro atoms. The molecule has 1 aromatic carbocycles. The van der Waals surface area contributed by atoms with Crippen LogP contribution >= 0.6 is 0 Å². The van der Waals surface area contributed by atoms with Crippen LogP contribution in [0.1, 0.15) is 50.6 Å². The van der Waals surface area contributed by atoms with Gasteiger partial charge in [0.25, 0.3) is 0 Å². The second-order valence-corrected chi connectivity index (χ2v) is 5.26. The monoisotopic (exact) mass is 271 g/mol. The molecule has 0 amide bonds. The van der Waals surface area contributed by atoms with Gasteiger partial charge in [-0.3, -0.25) is 0 Å². The number of hydrogen-bond acceptors (Lipinski definition) is 1. The van der Waals surface area contributed by atoms with E-state index in [0.717, 1.165) is 25.3 Å². The van der Waals surface area contributed by atoms with Crippen LogP contribution in [0.5, 0.6) is 0 Å². The molecule has 0 bridgehead atoms. The highest BCUT2D eigenvalue weighted by Gasteiger charge is 2.24. The van der Waals surface area contributed by atoms with E-state index >= 15 is 0 Å². The number of hydrogen-bond donors (Lipinski definition) is 1. The van der Waals surface area contributed by atoms with Crippen LogP contribution in [-0.2, 0) is 0 Å². The molecule has 1 aliphatic carbocycles. The van der Waals surface area contributed by atoms with Gasteiger partial charge < -0.3 is 5.32 Å². The maximum Gasteiger partial charge on any atom is 0.194 e. The minimum Gasteiger partial charge on any atom is -0.310 e. The first kappa shape index (κ1) is 14.4. The van der Waals surface area contributed by atoms with Gasteiger partial charge >= 0.3 is 0 Å². The van der Waals surface area contributed by atoms with Crippen LogP contribution < -0.4 is 5.32 Å². The zero-order valence-corrected chi connectivity index (χ0v) is 11.2. The van der Waals surface area contributed by atoms with Crippen molar-refractivity contribution < 1.29 is 13.2 Å². The minimum absolute atomic E-state index is 0.233. The molecule has 0 radical (unpaired) electrons. The van der Waals surface area contributed by atoms with E-state index in [1.54, 1.807) is 0 Å². The largest absolute Gasteiger partial charge is 0.310 e. The topological polar surface area (TPSA) is 12.0 Å². The van der Waals surface area contributed by atoms with Crippen molar-refractivity contribution in [2.24, 2.45) is 5.92 Å². The van der Waals surface area contributed by atoms with Gasteiger partial charge in [0.2, 0.25) is 0 Å². The van der Waals surface area contributed by atoms with Crippen molar-refractivity contribution in [1.29, 1.82) is 0 Å². The van der Waals surface area contributed by atoms with Gasteiger partial charge in [-0.05, 0) is 24.9 Å². The highest BCUT2D eigenvalue weighted by Crippen LogP contribution is 2.34. The summed E-state index contributed by atoms with van der Waals surface area (Å²) in [6, 6.07) is 2.13. The van der Waals surface area contributed by atoms with E-state index in [4.69, 9.17) is 0 Å². The standard InChI is InChI=1S/C15H20F3N/c1-2-19-13(9-10-5-3-4-6-10)11-7-8-12(16)15(18)14(11)17/h7-8,10,13,19H,2-6,9H2,1H3. The van der Waals surface area contributed by atoms with Gasteiger partial charge in [0, 0.05) is 11.6 Å². The minimum atomic E-state index is -1.37. The Hall–Kier alpha value is -1.03. The van der Waals surface area contributed by atoms with Crippen LogP contribution in [0.25, 0.3) is 0 Å². The third-order valence-corrected chi connectivity index (χ3v) is 3.93. The zero-order chi connectivity index (χ0) is 13.8. The molecule has 0 heterocycles. The Morgan fingerprint density at radius 3 is 2.47 bits per heavy atom. The summed E-state index contributed by atoms with van der Waals surface area (Å²) in [4.78, 5) is 0. The molecule has 1 fully saturated rings. The first-order valence-electron chi connectivity index (χ1n) is 7.00. The van der Waals surface area contributed by atoms with Gasteiger partial charge in [-0.2, -0.15) is 0 Å². The first-order chi connectivity index (χ1) is 9.13. The van der Waals surface area contributed by atoms with Crippen molar-refractivity contribution in [2.75, 3.05) is 6.54 Å². The molecule has 0 aromatic heterocycles. The molecule has 4 heteroatoms. The molecule has 1 aliphatic rings. The predicted molar refractivity (Wildman–Crippen MR) is 69.3 cm³/mol. The summed E-state index contributed by atoms with van der Waals surface area (Å²) in [7, 11) is 0. The lowest BCUT2D eigenvalue weighted by atomic mass is 9.93. The second kappa shape index (κ2) is 6.42. The van der Waals surface area contributed by atoms with Gasteiger partial charge in [0.1, 0.15) is 0 Å². The molecule has 2 rings (SSSR count). The molecule has 106 valence electrons. The van der Waals surface area contributed by atoms with Gasteiger partial charge in [0.05, 0.1) is 0 Å². The SMILES string of the molecule is CCNC(CC1CCCC1)c1ccc(F)c(F)c1F. The number of benzene rings is 1. The highest BCUT2D eigenvalue weighted by atomic mass is 19.2. The van der Waals surface area contributed by atoms with Crippen LogP contribution in [0.2, 0.25) is 0 Å². The molecule has 1 N–H and O–H groups in total. The lowest BCUT2D eigenvalue weighted by Crippen LogP contribution is -2.24. The molecule has 0 saturated heterocycles. The summed E-state index contributed by atoms with van der Waals surface area (Å²) in [5.41, 5.74) is 0.243. The third-order valence-electron chi connectivity index (χ3n) is 3.93. The predicted octanol–water partition coefficient (Wildman–Crippen LogP) is 4.33. The van der Waals surface area contributed by atoms with Crippen molar-refractivity contribution >= 4 is 0 Å². The van der Waals surface area contributed by atoms with Crippen molar-refractivity contribution in [1.82, 2.24) is 5.32 Å². The Bertz CT molecular complexity index is 428. The molecular formula is C15H20F3N. The van der Waals surface area contributed by atoms with Crippen LogP contribution in [0.4, 0.5) is 13.2 Å². The highest BCUT2D eigenvalue weighted by molar-refractivity contribution is 5.23. The fraction of sp³-hybridized carbons (Fsp3) is 0.600. The Labute approximate surface area is 112 Å².